The lowest BCUT2D eigenvalue weighted by Gasteiger charge is -2.08. The van der Waals surface area contributed by atoms with E-state index in [-0.39, 0.29) is 10.8 Å². The third kappa shape index (κ3) is 4.01. The van der Waals surface area contributed by atoms with Crippen LogP contribution < -0.4 is 9.46 Å². The standard InChI is InChI=1S/C20H17N3O4S2/c1-13-18(29(24,25)23-15-8-10-16(26-2)11-9-15)12-17(28-13)20-21-19(22-27-20)14-6-4-3-5-7-14/h3-12,23H,1-2H3. The summed E-state index contributed by atoms with van der Waals surface area (Å²) >= 11 is 1.28. The molecule has 0 fully saturated rings. The van der Waals surface area contributed by atoms with Crippen molar-refractivity contribution in [1.29, 1.82) is 0 Å². The van der Waals surface area contributed by atoms with E-state index in [0.29, 0.717) is 27.0 Å². The van der Waals surface area contributed by atoms with E-state index in [1.165, 1.54) is 11.3 Å². The molecule has 0 aliphatic rings. The Labute approximate surface area is 172 Å². The molecule has 0 atom stereocenters. The van der Waals surface area contributed by atoms with Gasteiger partial charge in [0.2, 0.25) is 5.82 Å². The Morgan fingerprint density at radius 3 is 2.48 bits per heavy atom. The van der Waals surface area contributed by atoms with Crippen LogP contribution in [0, 0.1) is 6.92 Å². The molecule has 2 aromatic carbocycles. The molecule has 1 N–H and O–H groups in total. The third-order valence-electron chi connectivity index (χ3n) is 4.17. The lowest BCUT2D eigenvalue weighted by molar-refractivity contribution is 0.415. The van der Waals surface area contributed by atoms with Crippen LogP contribution >= 0.6 is 11.3 Å². The number of sulfonamides is 1. The molecule has 29 heavy (non-hydrogen) atoms. The smallest absolute Gasteiger partial charge is 0.268 e. The molecule has 7 nitrogen and oxygen atoms in total. The number of hydrogen-bond donors (Lipinski definition) is 1. The number of rotatable bonds is 6. The van der Waals surface area contributed by atoms with Gasteiger partial charge in [-0.2, -0.15) is 4.98 Å². The van der Waals surface area contributed by atoms with E-state index >= 15 is 0 Å². The zero-order valence-corrected chi connectivity index (χ0v) is 17.3. The maximum Gasteiger partial charge on any atom is 0.268 e. The van der Waals surface area contributed by atoms with Crippen LogP contribution in [-0.4, -0.2) is 25.7 Å². The fourth-order valence-electron chi connectivity index (χ4n) is 2.73. The number of methoxy groups -OCH3 is 1. The highest BCUT2D eigenvalue weighted by atomic mass is 32.2. The highest BCUT2D eigenvalue weighted by molar-refractivity contribution is 7.93. The molecule has 0 saturated carbocycles. The summed E-state index contributed by atoms with van der Waals surface area (Å²) < 4.78 is 38.7. The Hall–Kier alpha value is -3.17. The predicted molar refractivity (Wildman–Crippen MR) is 112 cm³/mol. The second kappa shape index (κ2) is 7.69. The molecular formula is C20H17N3O4S2. The van der Waals surface area contributed by atoms with Gasteiger partial charge in [0, 0.05) is 16.1 Å². The molecule has 0 aliphatic carbocycles. The molecule has 2 heterocycles. The van der Waals surface area contributed by atoms with E-state index in [0.717, 1.165) is 5.56 Å². The number of ether oxygens (including phenoxy) is 1. The quantitative estimate of drug-likeness (QED) is 0.484. The molecule has 0 aliphatic heterocycles. The highest BCUT2D eigenvalue weighted by Gasteiger charge is 2.23. The number of nitrogens with one attached hydrogen (secondary N) is 1. The molecule has 0 amide bonds. The molecule has 0 spiro atoms. The van der Waals surface area contributed by atoms with Crippen LogP contribution in [0.25, 0.3) is 22.2 Å². The Morgan fingerprint density at radius 2 is 1.79 bits per heavy atom. The fraction of sp³-hybridized carbons (Fsp3) is 0.100. The van der Waals surface area contributed by atoms with Crippen LogP contribution in [0.2, 0.25) is 0 Å². The topological polar surface area (TPSA) is 94.3 Å². The van der Waals surface area contributed by atoms with E-state index in [1.807, 2.05) is 30.3 Å². The zero-order chi connectivity index (χ0) is 20.4. The van der Waals surface area contributed by atoms with Gasteiger partial charge in [0.1, 0.15) is 10.6 Å². The van der Waals surface area contributed by atoms with Gasteiger partial charge in [0.05, 0.1) is 12.0 Å². The van der Waals surface area contributed by atoms with Crippen molar-refractivity contribution in [3.8, 4) is 27.9 Å². The maximum atomic E-state index is 12.8. The van der Waals surface area contributed by atoms with Crippen LogP contribution in [0.15, 0.2) is 70.1 Å². The van der Waals surface area contributed by atoms with Gasteiger partial charge in [-0.15, -0.1) is 11.3 Å². The Balaban J connectivity index is 1.61. The Bertz CT molecular complexity index is 1230. The second-order valence-electron chi connectivity index (χ2n) is 6.15. The van der Waals surface area contributed by atoms with Crippen molar-refractivity contribution in [2.45, 2.75) is 11.8 Å². The second-order valence-corrected chi connectivity index (χ2v) is 9.06. The molecule has 0 radical (unpaired) electrons. The average Bonchev–Trinajstić information content (AvgIpc) is 3.36. The summed E-state index contributed by atoms with van der Waals surface area (Å²) in [5.41, 5.74) is 1.27. The minimum Gasteiger partial charge on any atom is -0.497 e. The van der Waals surface area contributed by atoms with Gasteiger partial charge in [-0.05, 0) is 37.3 Å². The number of thiophene rings is 1. The van der Waals surface area contributed by atoms with Crippen LogP contribution in [0.3, 0.4) is 0 Å². The van der Waals surface area contributed by atoms with Crippen molar-refractivity contribution in [1.82, 2.24) is 10.1 Å². The molecule has 4 rings (SSSR count). The van der Waals surface area contributed by atoms with E-state index < -0.39 is 10.0 Å². The molecule has 0 unspecified atom stereocenters. The summed E-state index contributed by atoms with van der Waals surface area (Å²) in [6.07, 6.45) is 0. The van der Waals surface area contributed by atoms with Crippen molar-refractivity contribution < 1.29 is 17.7 Å². The first-order valence-electron chi connectivity index (χ1n) is 8.63. The summed E-state index contributed by atoms with van der Waals surface area (Å²) in [6.45, 7) is 1.74. The summed E-state index contributed by atoms with van der Waals surface area (Å²) in [7, 11) is -2.21. The molecule has 148 valence electrons. The van der Waals surface area contributed by atoms with Crippen LogP contribution in [0.1, 0.15) is 4.88 Å². The van der Waals surface area contributed by atoms with Crippen LogP contribution in [-0.2, 0) is 10.0 Å². The highest BCUT2D eigenvalue weighted by Crippen LogP contribution is 2.34. The van der Waals surface area contributed by atoms with Gasteiger partial charge in [0.15, 0.2) is 0 Å². The third-order valence-corrected chi connectivity index (χ3v) is 6.85. The number of nitrogens with zero attached hydrogens (tertiary/aromatic N) is 2. The minimum atomic E-state index is -3.77. The van der Waals surface area contributed by atoms with Crippen molar-refractivity contribution in [2.24, 2.45) is 0 Å². The van der Waals surface area contributed by atoms with Crippen molar-refractivity contribution >= 4 is 27.0 Å². The number of aromatic nitrogens is 2. The number of benzene rings is 2. The SMILES string of the molecule is COc1ccc(NS(=O)(=O)c2cc(-c3nc(-c4ccccc4)no3)sc2C)cc1. The van der Waals surface area contributed by atoms with Crippen molar-refractivity contribution in [3.63, 3.8) is 0 Å². The first-order valence-corrected chi connectivity index (χ1v) is 10.9. The van der Waals surface area contributed by atoms with E-state index in [1.54, 1.807) is 44.4 Å². The fourth-order valence-corrected chi connectivity index (χ4v) is 5.31. The number of anilines is 1. The number of hydrogen-bond acceptors (Lipinski definition) is 7. The van der Waals surface area contributed by atoms with Crippen LogP contribution in [0.4, 0.5) is 5.69 Å². The maximum absolute atomic E-state index is 12.8. The molecule has 4 aromatic rings. The summed E-state index contributed by atoms with van der Waals surface area (Å²) in [6, 6.07) is 17.6. The van der Waals surface area contributed by atoms with Crippen LogP contribution in [0.5, 0.6) is 5.75 Å². The summed E-state index contributed by atoms with van der Waals surface area (Å²) in [5, 5.41) is 3.99. The normalized spacial score (nSPS) is 11.4. The molecule has 0 saturated heterocycles. The monoisotopic (exact) mass is 427 g/mol. The largest absolute Gasteiger partial charge is 0.497 e. The Morgan fingerprint density at radius 1 is 1.07 bits per heavy atom. The molecule has 0 bridgehead atoms. The lowest BCUT2D eigenvalue weighted by Crippen LogP contribution is -2.13. The summed E-state index contributed by atoms with van der Waals surface area (Å²) in [4.78, 5) is 5.78. The van der Waals surface area contributed by atoms with Gasteiger partial charge < -0.3 is 9.26 Å². The lowest BCUT2D eigenvalue weighted by atomic mass is 10.2. The molecule has 9 heteroatoms. The first-order chi connectivity index (χ1) is 14.0. The molecule has 2 aromatic heterocycles. The van der Waals surface area contributed by atoms with E-state index in [2.05, 4.69) is 14.9 Å². The first kappa shape index (κ1) is 19.2. The van der Waals surface area contributed by atoms with Crippen molar-refractivity contribution in [3.05, 3.63) is 65.5 Å². The van der Waals surface area contributed by atoms with Crippen molar-refractivity contribution in [2.75, 3.05) is 11.8 Å². The van der Waals surface area contributed by atoms with Gasteiger partial charge in [-0.1, -0.05) is 35.5 Å². The Kier molecular flexibility index (Phi) is 5.08. The van der Waals surface area contributed by atoms with E-state index in [9.17, 15) is 8.42 Å². The number of aryl methyl sites for hydroxylation is 1. The van der Waals surface area contributed by atoms with Gasteiger partial charge >= 0.3 is 0 Å². The summed E-state index contributed by atoms with van der Waals surface area (Å²) in [5.74, 6) is 1.38. The van der Waals surface area contributed by atoms with Gasteiger partial charge in [0.25, 0.3) is 15.9 Å². The predicted octanol–water partition coefficient (Wildman–Crippen LogP) is 4.58. The molecular weight excluding hydrogens is 410 g/mol. The van der Waals surface area contributed by atoms with Gasteiger partial charge in [-0.3, -0.25) is 4.72 Å². The zero-order valence-electron chi connectivity index (χ0n) is 15.6. The average molecular weight is 428 g/mol. The van der Waals surface area contributed by atoms with E-state index in [4.69, 9.17) is 9.26 Å². The minimum absolute atomic E-state index is 0.174. The van der Waals surface area contributed by atoms with Gasteiger partial charge in [-0.25, -0.2) is 8.42 Å².